The Balaban J connectivity index is 2.00. The molecule has 3 heteroatoms. The van der Waals surface area contributed by atoms with E-state index in [2.05, 4.69) is 31.0 Å². The van der Waals surface area contributed by atoms with Gasteiger partial charge >= 0.3 is 0 Å². The lowest BCUT2D eigenvalue weighted by Crippen LogP contribution is -2.62. The van der Waals surface area contributed by atoms with Crippen molar-refractivity contribution < 1.29 is 4.79 Å². The average molecular weight is 300 g/mol. The maximum absolute atomic E-state index is 13.2. The van der Waals surface area contributed by atoms with Gasteiger partial charge in [-0.15, -0.1) is 0 Å². The maximum Gasteiger partial charge on any atom is 0.258 e. The molecule has 120 valence electrons. The summed E-state index contributed by atoms with van der Waals surface area (Å²) in [6.07, 6.45) is 7.06. The normalized spacial score (nSPS) is 26.0. The van der Waals surface area contributed by atoms with Gasteiger partial charge in [0, 0.05) is 11.7 Å². The van der Waals surface area contributed by atoms with Crippen molar-refractivity contribution in [1.29, 1.82) is 0 Å². The van der Waals surface area contributed by atoms with Crippen molar-refractivity contribution in [2.75, 3.05) is 5.32 Å². The van der Waals surface area contributed by atoms with Crippen LogP contribution in [0.5, 0.6) is 0 Å². The zero-order chi connectivity index (χ0) is 15.7. The largest absolute Gasteiger partial charge is 0.362 e. The van der Waals surface area contributed by atoms with Crippen LogP contribution in [0.15, 0.2) is 24.3 Å². The molecule has 2 aliphatic rings. The van der Waals surface area contributed by atoms with Crippen LogP contribution in [0.4, 0.5) is 5.69 Å². The van der Waals surface area contributed by atoms with Crippen molar-refractivity contribution >= 4 is 11.6 Å². The Bertz CT molecular complexity index is 548. The number of hydrogen-bond acceptors (Lipinski definition) is 2. The molecule has 1 N–H and O–H groups in total. The molecule has 1 fully saturated rings. The number of hydrogen-bond donors (Lipinski definition) is 1. The molecule has 1 aromatic rings. The molecule has 1 amide bonds. The second-order valence-corrected chi connectivity index (χ2v) is 7.51. The first-order valence-electron chi connectivity index (χ1n) is 8.72. The number of para-hydroxylation sites is 1. The van der Waals surface area contributed by atoms with E-state index in [0.29, 0.717) is 12.0 Å². The molecule has 1 heterocycles. The van der Waals surface area contributed by atoms with Crippen molar-refractivity contribution in [3.63, 3.8) is 0 Å². The first kappa shape index (κ1) is 15.4. The number of rotatable bonds is 3. The molecule has 1 aliphatic carbocycles. The number of carbonyl (C=O) groups excluding carboxylic acids is 1. The zero-order valence-corrected chi connectivity index (χ0v) is 14.1. The van der Waals surface area contributed by atoms with E-state index in [1.165, 1.54) is 19.3 Å². The quantitative estimate of drug-likeness (QED) is 0.881. The molecule has 0 saturated heterocycles. The Kier molecular flexibility index (Phi) is 4.16. The van der Waals surface area contributed by atoms with Gasteiger partial charge in [-0.25, -0.2) is 0 Å². The second kappa shape index (κ2) is 5.94. The van der Waals surface area contributed by atoms with Crippen molar-refractivity contribution in [2.24, 2.45) is 5.92 Å². The SMILES string of the molecule is CC(C)C[C@@]1(C)Nc2ccccc2C(=O)N1C1CCCCC1. The minimum absolute atomic E-state index is 0.212. The van der Waals surface area contributed by atoms with E-state index in [9.17, 15) is 4.79 Å². The van der Waals surface area contributed by atoms with E-state index in [4.69, 9.17) is 0 Å². The Hall–Kier alpha value is -1.51. The Morgan fingerprint density at radius 3 is 2.59 bits per heavy atom. The molecule has 3 rings (SSSR count). The molecule has 0 bridgehead atoms. The maximum atomic E-state index is 13.2. The summed E-state index contributed by atoms with van der Waals surface area (Å²) < 4.78 is 0. The van der Waals surface area contributed by atoms with Crippen LogP contribution in [0.2, 0.25) is 0 Å². The van der Waals surface area contributed by atoms with Gasteiger partial charge < -0.3 is 10.2 Å². The van der Waals surface area contributed by atoms with Crippen LogP contribution in [0.25, 0.3) is 0 Å². The molecule has 22 heavy (non-hydrogen) atoms. The first-order chi connectivity index (χ1) is 10.5. The lowest BCUT2D eigenvalue weighted by molar-refractivity contribution is 0.0256. The second-order valence-electron chi connectivity index (χ2n) is 7.51. The lowest BCUT2D eigenvalue weighted by Gasteiger charge is -2.51. The molecule has 0 aromatic heterocycles. The predicted molar refractivity (Wildman–Crippen MR) is 91.0 cm³/mol. The monoisotopic (exact) mass is 300 g/mol. The Morgan fingerprint density at radius 1 is 1.23 bits per heavy atom. The molecule has 0 radical (unpaired) electrons. The number of amides is 1. The van der Waals surface area contributed by atoms with Gasteiger partial charge in [-0.05, 0) is 44.2 Å². The highest BCUT2D eigenvalue weighted by molar-refractivity contribution is 6.02. The molecular weight excluding hydrogens is 272 g/mol. The number of nitrogens with zero attached hydrogens (tertiary/aromatic N) is 1. The Morgan fingerprint density at radius 2 is 1.91 bits per heavy atom. The molecule has 1 aliphatic heterocycles. The number of anilines is 1. The third-order valence-electron chi connectivity index (χ3n) is 5.06. The summed E-state index contributed by atoms with van der Waals surface area (Å²) in [4.78, 5) is 15.4. The summed E-state index contributed by atoms with van der Waals surface area (Å²) in [5, 5.41) is 3.69. The molecule has 3 nitrogen and oxygen atoms in total. The number of benzene rings is 1. The zero-order valence-electron chi connectivity index (χ0n) is 14.1. The fourth-order valence-corrected chi connectivity index (χ4v) is 4.34. The first-order valence-corrected chi connectivity index (χ1v) is 8.72. The minimum atomic E-state index is -0.276. The standard InChI is InChI=1S/C19H28N2O/c1-14(2)13-19(3)20-17-12-8-7-11-16(17)18(22)21(19)15-9-5-4-6-10-15/h7-8,11-12,14-15,20H,4-6,9-10,13H2,1-3H3/t19-/m0/s1. The molecule has 1 saturated carbocycles. The summed E-state index contributed by atoms with van der Waals surface area (Å²) in [7, 11) is 0. The van der Waals surface area contributed by atoms with Gasteiger partial charge in [-0.3, -0.25) is 4.79 Å². The van der Waals surface area contributed by atoms with E-state index in [-0.39, 0.29) is 11.6 Å². The number of carbonyl (C=O) groups is 1. The lowest BCUT2D eigenvalue weighted by atomic mass is 9.86. The number of fused-ring (bicyclic) bond motifs is 1. The van der Waals surface area contributed by atoms with Crippen LogP contribution in [0.3, 0.4) is 0 Å². The van der Waals surface area contributed by atoms with E-state index in [1.54, 1.807) is 0 Å². The highest BCUT2D eigenvalue weighted by atomic mass is 16.2. The topological polar surface area (TPSA) is 32.3 Å². The van der Waals surface area contributed by atoms with Crippen LogP contribution in [-0.2, 0) is 0 Å². The fraction of sp³-hybridized carbons (Fsp3) is 0.632. The third kappa shape index (κ3) is 2.73. The van der Waals surface area contributed by atoms with E-state index < -0.39 is 0 Å². The van der Waals surface area contributed by atoms with Gasteiger partial charge in [0.05, 0.1) is 5.56 Å². The van der Waals surface area contributed by atoms with Crippen molar-refractivity contribution in [3.8, 4) is 0 Å². The van der Waals surface area contributed by atoms with Crippen molar-refractivity contribution in [2.45, 2.75) is 71.0 Å². The molecular formula is C19H28N2O. The van der Waals surface area contributed by atoms with Crippen LogP contribution in [-0.4, -0.2) is 22.5 Å². The molecule has 0 unspecified atom stereocenters. The summed E-state index contributed by atoms with van der Waals surface area (Å²) in [5.74, 6) is 0.756. The summed E-state index contributed by atoms with van der Waals surface area (Å²) in [5.41, 5.74) is 1.54. The summed E-state index contributed by atoms with van der Waals surface area (Å²) >= 11 is 0. The molecule has 0 spiro atoms. The molecule has 1 aromatic carbocycles. The highest BCUT2D eigenvalue weighted by Gasteiger charge is 2.44. The van der Waals surface area contributed by atoms with Crippen molar-refractivity contribution in [3.05, 3.63) is 29.8 Å². The van der Waals surface area contributed by atoms with Crippen molar-refractivity contribution in [1.82, 2.24) is 4.90 Å². The molecule has 1 atom stereocenters. The van der Waals surface area contributed by atoms with E-state index in [1.807, 2.05) is 24.3 Å². The predicted octanol–water partition coefficient (Wildman–Crippen LogP) is 4.65. The smallest absolute Gasteiger partial charge is 0.258 e. The van der Waals surface area contributed by atoms with Crippen LogP contribution in [0.1, 0.15) is 69.7 Å². The third-order valence-corrected chi connectivity index (χ3v) is 5.06. The minimum Gasteiger partial charge on any atom is -0.362 e. The van der Waals surface area contributed by atoms with E-state index in [0.717, 1.165) is 30.5 Å². The summed E-state index contributed by atoms with van der Waals surface area (Å²) in [6.45, 7) is 6.67. The van der Waals surface area contributed by atoms with Crippen LogP contribution < -0.4 is 5.32 Å². The van der Waals surface area contributed by atoms with Crippen LogP contribution in [0, 0.1) is 5.92 Å². The van der Waals surface area contributed by atoms with Gasteiger partial charge in [0.15, 0.2) is 0 Å². The Labute approximate surface area is 134 Å². The van der Waals surface area contributed by atoms with Gasteiger partial charge in [-0.2, -0.15) is 0 Å². The van der Waals surface area contributed by atoms with Gasteiger partial charge in [0.25, 0.3) is 5.91 Å². The van der Waals surface area contributed by atoms with Crippen LogP contribution >= 0.6 is 0 Å². The van der Waals surface area contributed by atoms with Gasteiger partial charge in [0.2, 0.25) is 0 Å². The number of nitrogens with one attached hydrogen (secondary N) is 1. The van der Waals surface area contributed by atoms with Gasteiger partial charge in [-0.1, -0.05) is 45.2 Å². The fourth-order valence-electron chi connectivity index (χ4n) is 4.34. The van der Waals surface area contributed by atoms with Gasteiger partial charge in [0.1, 0.15) is 5.66 Å². The van der Waals surface area contributed by atoms with E-state index >= 15 is 0 Å². The highest BCUT2D eigenvalue weighted by Crippen LogP contribution is 2.39. The average Bonchev–Trinajstić information content (AvgIpc) is 2.47. The summed E-state index contributed by atoms with van der Waals surface area (Å²) in [6, 6.07) is 8.33.